The van der Waals surface area contributed by atoms with Crippen LogP contribution in [-0.4, -0.2) is 37.2 Å². The fourth-order valence-corrected chi connectivity index (χ4v) is 2.04. The van der Waals surface area contributed by atoms with Crippen LogP contribution in [0.25, 0.3) is 0 Å². The summed E-state index contributed by atoms with van der Waals surface area (Å²) in [6, 6.07) is 1.77. The molecule has 0 saturated heterocycles. The van der Waals surface area contributed by atoms with Gasteiger partial charge >= 0.3 is 0 Å². The third-order valence-corrected chi connectivity index (χ3v) is 3.08. The van der Waals surface area contributed by atoms with Gasteiger partial charge in [-0.1, -0.05) is 13.8 Å². The third kappa shape index (κ3) is 6.91. The zero-order valence-corrected chi connectivity index (χ0v) is 14.5. The van der Waals surface area contributed by atoms with Crippen molar-refractivity contribution < 1.29 is 9.53 Å². The smallest absolute Gasteiger partial charge is 0.255 e. The van der Waals surface area contributed by atoms with E-state index >= 15 is 0 Å². The third-order valence-electron chi connectivity index (χ3n) is 2.65. The Labute approximate surface area is 135 Å². The number of nitrogens with one attached hydrogen (secondary N) is 2. The van der Waals surface area contributed by atoms with Crippen molar-refractivity contribution in [2.24, 2.45) is 5.92 Å². The number of hydrogen-bond acceptors (Lipinski definition) is 4. The summed E-state index contributed by atoms with van der Waals surface area (Å²) in [5.74, 6) is 1.02. The van der Waals surface area contributed by atoms with Gasteiger partial charge in [-0.3, -0.25) is 4.79 Å². The van der Waals surface area contributed by atoms with Crippen molar-refractivity contribution in [1.29, 1.82) is 0 Å². The molecule has 0 unspecified atom stereocenters. The van der Waals surface area contributed by atoms with Crippen molar-refractivity contribution in [3.8, 4) is 0 Å². The monoisotopic (exact) mass is 357 g/mol. The van der Waals surface area contributed by atoms with Crippen molar-refractivity contribution >= 4 is 27.7 Å². The molecule has 6 heteroatoms. The second-order valence-corrected chi connectivity index (χ2v) is 6.07. The average molecular weight is 358 g/mol. The molecule has 0 aromatic carbocycles. The Morgan fingerprint density at radius 3 is 2.90 bits per heavy atom. The number of ether oxygens (including phenoxy) is 1. The molecule has 0 saturated carbocycles. The fraction of sp³-hybridized carbons (Fsp3) is 0.600. The summed E-state index contributed by atoms with van der Waals surface area (Å²) in [5, 5.41) is 5.98. The van der Waals surface area contributed by atoms with Crippen LogP contribution in [0.15, 0.2) is 16.7 Å². The maximum absolute atomic E-state index is 12.2. The van der Waals surface area contributed by atoms with E-state index in [0.717, 1.165) is 24.0 Å². The van der Waals surface area contributed by atoms with Gasteiger partial charge in [0.15, 0.2) is 0 Å². The summed E-state index contributed by atoms with van der Waals surface area (Å²) in [5.41, 5.74) is 0.550. The van der Waals surface area contributed by atoms with Gasteiger partial charge in [0.25, 0.3) is 5.91 Å². The Morgan fingerprint density at radius 2 is 2.24 bits per heavy atom. The van der Waals surface area contributed by atoms with Gasteiger partial charge < -0.3 is 15.4 Å². The van der Waals surface area contributed by atoms with Crippen LogP contribution >= 0.6 is 15.9 Å². The van der Waals surface area contributed by atoms with Gasteiger partial charge in [-0.25, -0.2) is 4.98 Å². The van der Waals surface area contributed by atoms with Crippen LogP contribution in [0.1, 0.15) is 37.6 Å². The summed E-state index contributed by atoms with van der Waals surface area (Å²) in [7, 11) is 0. The normalized spacial score (nSPS) is 10.7. The van der Waals surface area contributed by atoms with Crippen LogP contribution in [0.3, 0.4) is 0 Å². The first kappa shape index (κ1) is 17.9. The van der Waals surface area contributed by atoms with Crippen LogP contribution < -0.4 is 10.6 Å². The summed E-state index contributed by atoms with van der Waals surface area (Å²) < 4.78 is 6.27. The zero-order chi connectivity index (χ0) is 15.7. The molecule has 0 atom stereocenters. The number of amides is 1. The van der Waals surface area contributed by atoms with Gasteiger partial charge in [-0.05, 0) is 41.3 Å². The lowest BCUT2D eigenvalue weighted by Gasteiger charge is -2.11. The maximum Gasteiger partial charge on any atom is 0.255 e. The molecule has 1 rings (SSSR count). The Balaban J connectivity index is 2.42. The zero-order valence-electron chi connectivity index (χ0n) is 12.9. The number of carbonyl (C=O) groups excluding carboxylic acids is 1. The molecule has 1 heterocycles. The van der Waals surface area contributed by atoms with Crippen LogP contribution in [-0.2, 0) is 4.74 Å². The molecule has 21 heavy (non-hydrogen) atoms. The summed E-state index contributed by atoms with van der Waals surface area (Å²) in [4.78, 5) is 16.4. The van der Waals surface area contributed by atoms with E-state index in [0.29, 0.717) is 30.5 Å². The number of pyridine rings is 1. The minimum Gasteiger partial charge on any atom is -0.381 e. The molecule has 2 N–H and O–H groups in total. The molecule has 118 valence electrons. The van der Waals surface area contributed by atoms with Gasteiger partial charge in [-0.2, -0.15) is 0 Å². The Bertz CT molecular complexity index is 453. The molecular weight excluding hydrogens is 334 g/mol. The number of aromatic nitrogens is 1. The fourth-order valence-electron chi connectivity index (χ4n) is 1.71. The molecule has 0 fully saturated rings. The van der Waals surface area contributed by atoms with Crippen molar-refractivity contribution in [2.75, 3.05) is 31.6 Å². The molecule has 0 radical (unpaired) electrons. The van der Waals surface area contributed by atoms with Crippen LogP contribution in [0.5, 0.6) is 0 Å². The van der Waals surface area contributed by atoms with Crippen LogP contribution in [0, 0.1) is 5.92 Å². The second-order valence-electron chi connectivity index (χ2n) is 5.16. The lowest BCUT2D eigenvalue weighted by Crippen LogP contribution is -2.26. The van der Waals surface area contributed by atoms with Crippen molar-refractivity contribution in [2.45, 2.75) is 27.2 Å². The molecule has 5 nitrogen and oxygen atoms in total. The van der Waals surface area contributed by atoms with E-state index in [1.54, 1.807) is 12.3 Å². The van der Waals surface area contributed by atoms with E-state index in [2.05, 4.69) is 45.4 Å². The standard InChI is InChI=1S/C15H24BrN3O2/c1-4-17-14-13(8-12(16)9-19-14)15(20)18-6-5-7-21-10-11(2)3/h8-9,11H,4-7,10H2,1-3H3,(H,17,19)(H,18,20). The van der Waals surface area contributed by atoms with Crippen molar-refractivity contribution in [1.82, 2.24) is 10.3 Å². The average Bonchev–Trinajstić information content (AvgIpc) is 2.44. The van der Waals surface area contributed by atoms with Crippen LogP contribution in [0.4, 0.5) is 5.82 Å². The Kier molecular flexibility index (Phi) is 8.30. The first-order valence-electron chi connectivity index (χ1n) is 7.30. The van der Waals surface area contributed by atoms with Crippen LogP contribution in [0.2, 0.25) is 0 Å². The highest BCUT2D eigenvalue weighted by atomic mass is 79.9. The molecule has 0 aliphatic heterocycles. The van der Waals surface area contributed by atoms with E-state index in [1.165, 1.54) is 0 Å². The summed E-state index contributed by atoms with van der Waals surface area (Å²) >= 11 is 3.34. The highest BCUT2D eigenvalue weighted by Gasteiger charge is 2.12. The van der Waals surface area contributed by atoms with Crippen molar-refractivity contribution in [3.63, 3.8) is 0 Å². The predicted molar refractivity (Wildman–Crippen MR) is 88.7 cm³/mol. The van der Waals surface area contributed by atoms with Gasteiger partial charge in [-0.15, -0.1) is 0 Å². The van der Waals surface area contributed by atoms with E-state index in [4.69, 9.17) is 4.74 Å². The molecule has 0 spiro atoms. The SMILES string of the molecule is CCNc1ncc(Br)cc1C(=O)NCCCOCC(C)C. The number of anilines is 1. The molecule has 0 aliphatic carbocycles. The number of halogens is 1. The van der Waals surface area contributed by atoms with Gasteiger partial charge in [0.2, 0.25) is 0 Å². The van der Waals surface area contributed by atoms with E-state index < -0.39 is 0 Å². The summed E-state index contributed by atoms with van der Waals surface area (Å²) in [6.45, 7) is 8.93. The molecule has 0 aliphatic rings. The predicted octanol–water partition coefficient (Wildman–Crippen LogP) is 3.07. The largest absolute Gasteiger partial charge is 0.381 e. The van der Waals surface area contributed by atoms with E-state index in [9.17, 15) is 4.79 Å². The molecular formula is C15H24BrN3O2. The molecule has 0 bridgehead atoms. The highest BCUT2D eigenvalue weighted by molar-refractivity contribution is 9.10. The first-order valence-corrected chi connectivity index (χ1v) is 8.09. The molecule has 1 amide bonds. The minimum atomic E-state index is -0.122. The highest BCUT2D eigenvalue weighted by Crippen LogP contribution is 2.17. The lowest BCUT2D eigenvalue weighted by atomic mass is 10.2. The number of nitrogens with zero attached hydrogens (tertiary/aromatic N) is 1. The number of hydrogen-bond donors (Lipinski definition) is 2. The number of carbonyl (C=O) groups is 1. The van der Waals surface area contributed by atoms with Gasteiger partial charge in [0.05, 0.1) is 5.56 Å². The van der Waals surface area contributed by atoms with Gasteiger partial charge in [0.1, 0.15) is 5.82 Å². The molecule has 1 aromatic heterocycles. The summed E-state index contributed by atoms with van der Waals surface area (Å²) in [6.07, 6.45) is 2.48. The number of rotatable bonds is 9. The van der Waals surface area contributed by atoms with E-state index in [-0.39, 0.29) is 5.91 Å². The second kappa shape index (κ2) is 9.73. The quantitative estimate of drug-likeness (QED) is 0.666. The minimum absolute atomic E-state index is 0.122. The Morgan fingerprint density at radius 1 is 1.48 bits per heavy atom. The Hall–Kier alpha value is -1.14. The molecule has 1 aromatic rings. The van der Waals surface area contributed by atoms with Gasteiger partial charge in [0, 0.05) is 37.0 Å². The lowest BCUT2D eigenvalue weighted by molar-refractivity contribution is 0.0925. The van der Waals surface area contributed by atoms with E-state index in [1.807, 2.05) is 6.92 Å². The maximum atomic E-state index is 12.2. The van der Waals surface area contributed by atoms with Crippen molar-refractivity contribution in [3.05, 3.63) is 22.3 Å². The first-order chi connectivity index (χ1) is 10.0. The topological polar surface area (TPSA) is 63.2 Å².